The number of amides is 1. The molecule has 1 saturated carbocycles. The molecule has 0 aromatic rings. The maximum Gasteiger partial charge on any atom is 0.410 e. The molecule has 1 heterocycles. The van der Waals surface area contributed by atoms with Gasteiger partial charge in [0, 0.05) is 19.1 Å². The Kier molecular flexibility index (Phi) is 4.12. The summed E-state index contributed by atoms with van der Waals surface area (Å²) in [4.78, 5) is 13.9. The Morgan fingerprint density at radius 1 is 1.39 bits per heavy atom. The van der Waals surface area contributed by atoms with E-state index in [-0.39, 0.29) is 6.09 Å². The van der Waals surface area contributed by atoms with Gasteiger partial charge in [-0.2, -0.15) is 0 Å². The maximum absolute atomic E-state index is 12.1. The van der Waals surface area contributed by atoms with E-state index < -0.39 is 5.60 Å². The van der Waals surface area contributed by atoms with Crippen molar-refractivity contribution in [1.82, 2.24) is 10.2 Å². The van der Waals surface area contributed by atoms with E-state index in [2.05, 4.69) is 5.32 Å². The lowest BCUT2D eigenvalue weighted by Gasteiger charge is -2.30. The smallest absolute Gasteiger partial charge is 0.410 e. The molecule has 1 saturated heterocycles. The number of hydrogen-bond donors (Lipinski definition) is 1. The highest BCUT2D eigenvalue weighted by Gasteiger charge is 2.35. The zero-order chi connectivity index (χ0) is 13.2. The number of carbonyl (C=O) groups is 1. The van der Waals surface area contributed by atoms with Gasteiger partial charge in [-0.05, 0) is 33.6 Å². The number of carbonyl (C=O) groups excluding carboxylic acids is 1. The summed E-state index contributed by atoms with van der Waals surface area (Å²) >= 11 is 0. The van der Waals surface area contributed by atoms with Gasteiger partial charge >= 0.3 is 6.09 Å². The molecule has 5 heteroatoms. The molecular weight excluding hydrogens is 232 g/mol. The monoisotopic (exact) mass is 256 g/mol. The van der Waals surface area contributed by atoms with Crippen LogP contribution >= 0.6 is 0 Å². The van der Waals surface area contributed by atoms with Crippen molar-refractivity contribution in [3.63, 3.8) is 0 Å². The van der Waals surface area contributed by atoms with Gasteiger partial charge in [-0.15, -0.1) is 0 Å². The van der Waals surface area contributed by atoms with Crippen LogP contribution in [0.15, 0.2) is 0 Å². The van der Waals surface area contributed by atoms with Crippen LogP contribution < -0.4 is 5.32 Å². The van der Waals surface area contributed by atoms with Crippen molar-refractivity contribution in [2.45, 2.75) is 51.3 Å². The van der Waals surface area contributed by atoms with Gasteiger partial charge in [0.05, 0.1) is 19.3 Å². The summed E-state index contributed by atoms with van der Waals surface area (Å²) in [5.74, 6) is 0. The molecule has 1 N–H and O–H groups in total. The highest BCUT2D eigenvalue weighted by molar-refractivity contribution is 5.69. The first-order valence-electron chi connectivity index (χ1n) is 6.76. The molecule has 0 bridgehead atoms. The predicted molar refractivity (Wildman–Crippen MR) is 68.6 cm³/mol. The Morgan fingerprint density at radius 2 is 2.06 bits per heavy atom. The molecule has 0 aromatic carbocycles. The fourth-order valence-electron chi connectivity index (χ4n) is 1.87. The van der Waals surface area contributed by atoms with Crippen molar-refractivity contribution in [3.8, 4) is 0 Å². The van der Waals surface area contributed by atoms with Gasteiger partial charge in [0.25, 0.3) is 0 Å². The van der Waals surface area contributed by atoms with Crippen molar-refractivity contribution in [2.75, 3.05) is 26.3 Å². The molecule has 0 radical (unpaired) electrons. The molecule has 1 amide bonds. The van der Waals surface area contributed by atoms with E-state index in [4.69, 9.17) is 9.47 Å². The van der Waals surface area contributed by atoms with Crippen molar-refractivity contribution in [1.29, 1.82) is 0 Å². The third-order valence-electron chi connectivity index (χ3n) is 3.04. The summed E-state index contributed by atoms with van der Waals surface area (Å²) in [7, 11) is 0. The summed E-state index contributed by atoms with van der Waals surface area (Å²) in [6.45, 7) is 8.81. The first-order chi connectivity index (χ1) is 8.46. The van der Waals surface area contributed by atoms with E-state index in [1.807, 2.05) is 25.7 Å². The summed E-state index contributed by atoms with van der Waals surface area (Å²) in [6, 6.07) is 0.851. The van der Waals surface area contributed by atoms with Gasteiger partial charge in [-0.25, -0.2) is 4.79 Å². The number of nitrogens with zero attached hydrogens (tertiary/aromatic N) is 1. The molecule has 2 aliphatic rings. The third kappa shape index (κ3) is 4.14. The van der Waals surface area contributed by atoms with Crippen LogP contribution in [0.2, 0.25) is 0 Å². The van der Waals surface area contributed by atoms with Crippen LogP contribution in [0.4, 0.5) is 4.79 Å². The molecule has 2 fully saturated rings. The first kappa shape index (κ1) is 13.6. The lowest BCUT2D eigenvalue weighted by molar-refractivity contribution is -0.00703. The largest absolute Gasteiger partial charge is 0.444 e. The standard InChI is InChI=1S/C13H24N2O3/c1-13(2,3)18-12(16)15(11-4-5-11)7-6-14-10-8-17-9-10/h10-11,14H,4-9H2,1-3H3. The Labute approximate surface area is 109 Å². The average Bonchev–Trinajstić information content (AvgIpc) is 2.95. The molecule has 2 rings (SSSR count). The summed E-state index contributed by atoms with van der Waals surface area (Å²) in [5, 5.41) is 3.38. The predicted octanol–water partition coefficient (Wildman–Crippen LogP) is 1.37. The summed E-state index contributed by atoms with van der Waals surface area (Å²) in [5.41, 5.74) is -0.417. The van der Waals surface area contributed by atoms with Gasteiger partial charge in [0.15, 0.2) is 0 Å². The Hall–Kier alpha value is -0.810. The van der Waals surface area contributed by atoms with Crippen molar-refractivity contribution in [2.24, 2.45) is 0 Å². The van der Waals surface area contributed by atoms with Crippen LogP contribution in [-0.4, -0.2) is 55.0 Å². The topological polar surface area (TPSA) is 50.8 Å². The van der Waals surface area contributed by atoms with Gasteiger partial charge in [0.2, 0.25) is 0 Å². The van der Waals surface area contributed by atoms with E-state index in [0.29, 0.717) is 12.1 Å². The molecular formula is C13H24N2O3. The Morgan fingerprint density at radius 3 is 2.50 bits per heavy atom. The van der Waals surface area contributed by atoms with Crippen LogP contribution in [0.3, 0.4) is 0 Å². The SMILES string of the molecule is CC(C)(C)OC(=O)N(CCNC1COC1)C1CC1. The fourth-order valence-corrected chi connectivity index (χ4v) is 1.87. The first-order valence-corrected chi connectivity index (χ1v) is 6.76. The zero-order valence-electron chi connectivity index (χ0n) is 11.6. The lowest BCUT2D eigenvalue weighted by atomic mass is 10.2. The highest BCUT2D eigenvalue weighted by Crippen LogP contribution is 2.28. The molecule has 0 atom stereocenters. The molecule has 5 nitrogen and oxygen atoms in total. The average molecular weight is 256 g/mol. The highest BCUT2D eigenvalue weighted by atomic mass is 16.6. The third-order valence-corrected chi connectivity index (χ3v) is 3.04. The summed E-state index contributed by atoms with van der Waals surface area (Å²) < 4.78 is 10.5. The van der Waals surface area contributed by atoms with Crippen LogP contribution in [0.5, 0.6) is 0 Å². The zero-order valence-corrected chi connectivity index (χ0v) is 11.6. The minimum absolute atomic E-state index is 0.184. The second-order valence-electron chi connectivity index (χ2n) is 6.09. The molecule has 1 aliphatic heterocycles. The van der Waals surface area contributed by atoms with Crippen LogP contribution in [0, 0.1) is 0 Å². The van der Waals surface area contributed by atoms with E-state index in [1.165, 1.54) is 0 Å². The second-order valence-corrected chi connectivity index (χ2v) is 6.09. The molecule has 104 valence electrons. The Bertz CT molecular complexity index is 293. The van der Waals surface area contributed by atoms with Gasteiger partial charge in [-0.1, -0.05) is 0 Å². The molecule has 18 heavy (non-hydrogen) atoms. The number of rotatable bonds is 5. The van der Waals surface area contributed by atoms with Gasteiger partial charge < -0.3 is 19.7 Å². The number of nitrogens with one attached hydrogen (secondary N) is 1. The quantitative estimate of drug-likeness (QED) is 0.807. The molecule has 0 spiro atoms. The van der Waals surface area contributed by atoms with Crippen molar-refractivity contribution in [3.05, 3.63) is 0 Å². The minimum atomic E-state index is -0.417. The van der Waals surface area contributed by atoms with Crippen LogP contribution in [-0.2, 0) is 9.47 Å². The second kappa shape index (κ2) is 5.45. The maximum atomic E-state index is 12.1. The molecule has 0 aromatic heterocycles. The molecule has 0 unspecified atom stereocenters. The normalized spacial score (nSPS) is 20.4. The van der Waals surface area contributed by atoms with E-state index in [0.717, 1.165) is 39.1 Å². The Balaban J connectivity index is 1.74. The number of hydrogen-bond acceptors (Lipinski definition) is 4. The van der Waals surface area contributed by atoms with Gasteiger partial charge in [-0.3, -0.25) is 0 Å². The van der Waals surface area contributed by atoms with E-state index in [9.17, 15) is 4.79 Å². The van der Waals surface area contributed by atoms with Crippen molar-refractivity contribution < 1.29 is 14.3 Å². The fraction of sp³-hybridized carbons (Fsp3) is 0.923. The van der Waals surface area contributed by atoms with Crippen LogP contribution in [0.25, 0.3) is 0 Å². The number of ether oxygens (including phenoxy) is 2. The minimum Gasteiger partial charge on any atom is -0.444 e. The summed E-state index contributed by atoms with van der Waals surface area (Å²) in [6.07, 6.45) is 2.02. The van der Waals surface area contributed by atoms with E-state index >= 15 is 0 Å². The van der Waals surface area contributed by atoms with Crippen molar-refractivity contribution >= 4 is 6.09 Å². The van der Waals surface area contributed by atoms with Crippen LogP contribution in [0.1, 0.15) is 33.6 Å². The molecule has 1 aliphatic carbocycles. The lowest BCUT2D eigenvalue weighted by Crippen LogP contribution is -2.49. The van der Waals surface area contributed by atoms with Gasteiger partial charge in [0.1, 0.15) is 5.60 Å². The van der Waals surface area contributed by atoms with E-state index in [1.54, 1.807) is 0 Å².